The summed E-state index contributed by atoms with van der Waals surface area (Å²) in [6.07, 6.45) is 2.04. The fourth-order valence-corrected chi connectivity index (χ4v) is 2.03. The predicted molar refractivity (Wildman–Crippen MR) is 92.1 cm³/mol. The number of anilines is 1. The molecule has 0 spiro atoms. The molecular formula is C18H29NO4. The number of carbonyl (C=O) groups is 1. The van der Waals surface area contributed by atoms with E-state index in [-0.39, 0.29) is 5.56 Å². The lowest BCUT2D eigenvalue weighted by Crippen LogP contribution is -2.24. The molecule has 0 saturated heterocycles. The van der Waals surface area contributed by atoms with Gasteiger partial charge in [0.05, 0.1) is 25.0 Å². The molecule has 1 rings (SSSR count). The van der Waals surface area contributed by atoms with Gasteiger partial charge in [-0.15, -0.1) is 0 Å². The lowest BCUT2D eigenvalue weighted by molar-refractivity contribution is 0.00704. The van der Waals surface area contributed by atoms with Gasteiger partial charge in [-0.1, -0.05) is 13.8 Å². The molecule has 0 unspecified atom stereocenters. The van der Waals surface area contributed by atoms with E-state index in [2.05, 4.69) is 13.8 Å². The molecule has 0 aliphatic carbocycles. The molecule has 0 aliphatic heterocycles. The van der Waals surface area contributed by atoms with Crippen LogP contribution in [0.1, 0.15) is 57.8 Å². The van der Waals surface area contributed by atoms with Gasteiger partial charge in [0.25, 0.3) is 0 Å². The number of nitrogens with two attached hydrogens (primary N) is 1. The number of benzene rings is 1. The Bertz CT molecular complexity index is 533. The van der Waals surface area contributed by atoms with E-state index in [0.29, 0.717) is 29.7 Å². The molecule has 0 saturated carbocycles. The van der Waals surface area contributed by atoms with Crippen molar-refractivity contribution in [1.82, 2.24) is 0 Å². The second-order valence-electron chi connectivity index (χ2n) is 6.98. The number of hydrogen-bond acceptors (Lipinski definition) is 5. The van der Waals surface area contributed by atoms with E-state index in [0.717, 1.165) is 12.8 Å². The van der Waals surface area contributed by atoms with E-state index < -0.39 is 11.6 Å². The summed E-state index contributed by atoms with van der Waals surface area (Å²) in [5.74, 6) is 1.19. The largest absolute Gasteiger partial charge is 0.493 e. The number of ether oxygens (including phenoxy) is 3. The van der Waals surface area contributed by atoms with E-state index in [4.69, 9.17) is 19.9 Å². The Morgan fingerprint density at radius 1 is 1.22 bits per heavy atom. The van der Waals surface area contributed by atoms with Gasteiger partial charge in [-0.3, -0.25) is 0 Å². The summed E-state index contributed by atoms with van der Waals surface area (Å²) in [5, 5.41) is 0. The fourth-order valence-electron chi connectivity index (χ4n) is 2.03. The first-order valence-corrected chi connectivity index (χ1v) is 7.97. The van der Waals surface area contributed by atoms with Crippen molar-refractivity contribution in [3.63, 3.8) is 0 Å². The Morgan fingerprint density at radius 2 is 1.87 bits per heavy atom. The van der Waals surface area contributed by atoms with Crippen LogP contribution in [-0.2, 0) is 4.74 Å². The molecule has 1 aromatic carbocycles. The molecule has 0 fully saturated rings. The average Bonchev–Trinajstić information content (AvgIpc) is 2.41. The molecule has 0 radical (unpaired) electrons. The minimum atomic E-state index is -0.581. The SMILES string of the molecule is COc1cc(C(=O)OC(C)(C)C)c(N)cc1OCCCC(C)C. The number of esters is 1. The predicted octanol–water partition coefficient (Wildman–Crippen LogP) is 4.05. The highest BCUT2D eigenvalue weighted by atomic mass is 16.6. The molecule has 0 aromatic heterocycles. The van der Waals surface area contributed by atoms with Crippen molar-refractivity contribution >= 4 is 11.7 Å². The standard InChI is InChI=1S/C18H29NO4/c1-12(2)8-7-9-22-16-11-14(19)13(10-15(16)21-6)17(20)23-18(3,4)5/h10-12H,7-9,19H2,1-6H3. The number of rotatable bonds is 7. The Balaban J connectivity index is 2.87. The van der Waals surface area contributed by atoms with E-state index >= 15 is 0 Å². The number of carbonyl (C=O) groups excluding carboxylic acids is 1. The molecule has 0 atom stereocenters. The normalized spacial score (nSPS) is 11.4. The monoisotopic (exact) mass is 323 g/mol. The minimum Gasteiger partial charge on any atom is -0.493 e. The lowest BCUT2D eigenvalue weighted by atomic mass is 10.1. The van der Waals surface area contributed by atoms with Gasteiger partial charge in [0.1, 0.15) is 5.60 Å². The number of hydrogen-bond donors (Lipinski definition) is 1. The topological polar surface area (TPSA) is 70.8 Å². The summed E-state index contributed by atoms with van der Waals surface area (Å²) in [6, 6.07) is 3.19. The number of nitrogen functional groups attached to an aromatic ring is 1. The summed E-state index contributed by atoms with van der Waals surface area (Å²) in [6.45, 7) is 10.4. The highest BCUT2D eigenvalue weighted by Crippen LogP contribution is 2.33. The van der Waals surface area contributed by atoms with Crippen LogP contribution in [0.15, 0.2) is 12.1 Å². The average molecular weight is 323 g/mol. The first kappa shape index (κ1) is 19.1. The van der Waals surface area contributed by atoms with Crippen molar-refractivity contribution in [2.75, 3.05) is 19.5 Å². The molecule has 0 bridgehead atoms. The second kappa shape index (κ2) is 8.09. The molecule has 1 aromatic rings. The van der Waals surface area contributed by atoms with Gasteiger partial charge >= 0.3 is 5.97 Å². The molecule has 5 heteroatoms. The first-order valence-electron chi connectivity index (χ1n) is 7.97. The quantitative estimate of drug-likeness (QED) is 0.466. The Kier molecular flexibility index (Phi) is 6.73. The third kappa shape index (κ3) is 6.38. The molecule has 130 valence electrons. The zero-order valence-corrected chi connectivity index (χ0v) is 15.1. The van der Waals surface area contributed by atoms with Crippen molar-refractivity contribution in [2.45, 2.75) is 53.1 Å². The maximum Gasteiger partial charge on any atom is 0.340 e. The maximum absolute atomic E-state index is 12.2. The van der Waals surface area contributed by atoms with Gasteiger partial charge in [-0.2, -0.15) is 0 Å². The zero-order valence-electron chi connectivity index (χ0n) is 15.1. The van der Waals surface area contributed by atoms with Crippen LogP contribution in [0.5, 0.6) is 11.5 Å². The molecule has 0 heterocycles. The van der Waals surface area contributed by atoms with Gasteiger partial charge in [0.15, 0.2) is 11.5 Å². The highest BCUT2D eigenvalue weighted by molar-refractivity contribution is 5.96. The van der Waals surface area contributed by atoms with Gasteiger partial charge in [-0.25, -0.2) is 4.79 Å². The third-order valence-electron chi connectivity index (χ3n) is 3.14. The minimum absolute atomic E-state index is 0.284. The molecule has 0 aliphatic rings. The van der Waals surface area contributed by atoms with Crippen LogP contribution in [0.4, 0.5) is 5.69 Å². The molecule has 0 amide bonds. The van der Waals surface area contributed by atoms with Crippen LogP contribution >= 0.6 is 0 Å². The van der Waals surface area contributed by atoms with Crippen LogP contribution in [0.3, 0.4) is 0 Å². The van der Waals surface area contributed by atoms with Gasteiger partial charge in [0.2, 0.25) is 0 Å². The molecule has 23 heavy (non-hydrogen) atoms. The van der Waals surface area contributed by atoms with Crippen LogP contribution in [0, 0.1) is 5.92 Å². The van der Waals surface area contributed by atoms with Crippen LogP contribution in [0.2, 0.25) is 0 Å². The molecular weight excluding hydrogens is 294 g/mol. The van der Waals surface area contributed by atoms with Crippen molar-refractivity contribution in [3.05, 3.63) is 17.7 Å². The molecule has 2 N–H and O–H groups in total. The van der Waals surface area contributed by atoms with E-state index in [1.54, 1.807) is 12.1 Å². The third-order valence-corrected chi connectivity index (χ3v) is 3.14. The Morgan fingerprint density at radius 3 is 2.39 bits per heavy atom. The summed E-state index contributed by atoms with van der Waals surface area (Å²) < 4.78 is 16.4. The molecule has 5 nitrogen and oxygen atoms in total. The fraction of sp³-hybridized carbons (Fsp3) is 0.611. The first-order chi connectivity index (χ1) is 10.6. The van der Waals surface area contributed by atoms with Crippen LogP contribution in [0.25, 0.3) is 0 Å². The summed E-state index contributed by atoms with van der Waals surface area (Å²) in [4.78, 5) is 12.2. The van der Waals surface area contributed by atoms with E-state index in [9.17, 15) is 4.79 Å². The van der Waals surface area contributed by atoms with Crippen molar-refractivity contribution in [3.8, 4) is 11.5 Å². The zero-order chi connectivity index (χ0) is 17.6. The second-order valence-corrected chi connectivity index (χ2v) is 6.98. The van der Waals surface area contributed by atoms with Crippen LogP contribution < -0.4 is 15.2 Å². The van der Waals surface area contributed by atoms with Crippen molar-refractivity contribution < 1.29 is 19.0 Å². The van der Waals surface area contributed by atoms with E-state index in [1.807, 2.05) is 20.8 Å². The summed E-state index contributed by atoms with van der Waals surface area (Å²) >= 11 is 0. The van der Waals surface area contributed by atoms with Gasteiger partial charge in [-0.05, 0) is 39.5 Å². The van der Waals surface area contributed by atoms with E-state index in [1.165, 1.54) is 7.11 Å². The Hall–Kier alpha value is -1.91. The Labute approximate surface area is 139 Å². The maximum atomic E-state index is 12.2. The number of methoxy groups -OCH3 is 1. The summed E-state index contributed by atoms with van der Waals surface area (Å²) in [5.41, 5.74) is 6.00. The smallest absolute Gasteiger partial charge is 0.340 e. The highest BCUT2D eigenvalue weighted by Gasteiger charge is 2.22. The lowest BCUT2D eigenvalue weighted by Gasteiger charge is -2.21. The van der Waals surface area contributed by atoms with Gasteiger partial charge < -0.3 is 19.9 Å². The van der Waals surface area contributed by atoms with Crippen LogP contribution in [-0.4, -0.2) is 25.3 Å². The summed E-state index contributed by atoms with van der Waals surface area (Å²) in [7, 11) is 1.53. The van der Waals surface area contributed by atoms with Gasteiger partial charge in [0, 0.05) is 12.1 Å². The van der Waals surface area contributed by atoms with Crippen molar-refractivity contribution in [2.24, 2.45) is 5.92 Å². The van der Waals surface area contributed by atoms with Crippen molar-refractivity contribution in [1.29, 1.82) is 0 Å².